The lowest BCUT2D eigenvalue weighted by molar-refractivity contribution is 0.108. The summed E-state index contributed by atoms with van der Waals surface area (Å²) in [5, 5.41) is 4.00. The van der Waals surface area contributed by atoms with Gasteiger partial charge in [-0.05, 0) is 19.4 Å². The van der Waals surface area contributed by atoms with Crippen LogP contribution >= 0.6 is 11.6 Å². The minimum Gasteiger partial charge on any atom is -0.383 e. The Labute approximate surface area is 94.8 Å². The van der Waals surface area contributed by atoms with Crippen molar-refractivity contribution in [2.75, 3.05) is 18.5 Å². The second-order valence-electron chi connectivity index (χ2n) is 3.86. The van der Waals surface area contributed by atoms with Crippen molar-refractivity contribution in [3.05, 3.63) is 23.5 Å². The van der Waals surface area contributed by atoms with Crippen LogP contribution in [0.5, 0.6) is 0 Å². The van der Waals surface area contributed by atoms with Gasteiger partial charge in [-0.15, -0.1) is 0 Å². The summed E-state index contributed by atoms with van der Waals surface area (Å²) in [5.74, 6) is 0.578. The van der Waals surface area contributed by atoms with Crippen LogP contribution in [0, 0.1) is 5.92 Å². The Morgan fingerprint density at radius 3 is 3.20 bits per heavy atom. The molecule has 1 N–H and O–H groups in total. The highest BCUT2D eigenvalue weighted by Crippen LogP contribution is 2.23. The highest BCUT2D eigenvalue weighted by Gasteiger charge is 2.23. The van der Waals surface area contributed by atoms with Crippen LogP contribution in [0.25, 0.3) is 0 Å². The van der Waals surface area contributed by atoms with Gasteiger partial charge in [-0.1, -0.05) is 11.6 Å². The summed E-state index contributed by atoms with van der Waals surface area (Å²) in [4.78, 5) is 3.94. The fourth-order valence-electron chi connectivity index (χ4n) is 1.80. The molecule has 2 unspecified atom stereocenters. The van der Waals surface area contributed by atoms with Crippen molar-refractivity contribution in [2.45, 2.75) is 19.4 Å². The van der Waals surface area contributed by atoms with Gasteiger partial charge in [0.05, 0.1) is 16.8 Å². The van der Waals surface area contributed by atoms with E-state index in [0.29, 0.717) is 17.0 Å². The van der Waals surface area contributed by atoms with Crippen molar-refractivity contribution in [3.8, 4) is 0 Å². The Kier molecular flexibility index (Phi) is 3.44. The molecule has 1 aliphatic heterocycles. The molecule has 82 valence electrons. The summed E-state index contributed by atoms with van der Waals surface area (Å²) in [7, 11) is 0. The first-order valence-corrected chi connectivity index (χ1v) is 5.60. The fraction of sp³-hybridized carbons (Fsp3) is 0.545. The maximum absolute atomic E-state index is 5.99. The number of hydrogen-bond acceptors (Lipinski definition) is 3. The number of pyridine rings is 1. The van der Waals surface area contributed by atoms with Gasteiger partial charge in [0.25, 0.3) is 0 Å². The third kappa shape index (κ3) is 2.61. The SMILES string of the molecule is CC1OCCC1CNc1ccncc1Cl. The van der Waals surface area contributed by atoms with E-state index in [1.165, 1.54) is 0 Å². The first kappa shape index (κ1) is 10.7. The molecule has 0 aromatic carbocycles. The highest BCUT2D eigenvalue weighted by atomic mass is 35.5. The predicted molar refractivity (Wildman–Crippen MR) is 61.3 cm³/mol. The Morgan fingerprint density at radius 2 is 2.53 bits per heavy atom. The van der Waals surface area contributed by atoms with Crippen LogP contribution in [0.2, 0.25) is 5.02 Å². The molecule has 0 spiro atoms. The molecule has 0 radical (unpaired) electrons. The summed E-state index contributed by atoms with van der Waals surface area (Å²) >= 11 is 5.99. The number of ether oxygens (including phenoxy) is 1. The van der Waals surface area contributed by atoms with Gasteiger partial charge in [-0.25, -0.2) is 0 Å². The van der Waals surface area contributed by atoms with Gasteiger partial charge in [0.2, 0.25) is 0 Å². The largest absolute Gasteiger partial charge is 0.383 e. The first-order chi connectivity index (χ1) is 7.27. The number of nitrogens with one attached hydrogen (secondary N) is 1. The van der Waals surface area contributed by atoms with E-state index in [2.05, 4.69) is 17.2 Å². The molecule has 1 aromatic rings. The lowest BCUT2D eigenvalue weighted by atomic mass is 10.0. The van der Waals surface area contributed by atoms with Crippen molar-refractivity contribution in [1.82, 2.24) is 4.98 Å². The zero-order valence-corrected chi connectivity index (χ0v) is 9.50. The first-order valence-electron chi connectivity index (χ1n) is 5.22. The molecule has 4 heteroatoms. The molecule has 1 aliphatic rings. The molecule has 3 nitrogen and oxygen atoms in total. The lowest BCUT2D eigenvalue weighted by Gasteiger charge is -2.15. The van der Waals surface area contributed by atoms with Crippen LogP contribution < -0.4 is 5.32 Å². The zero-order valence-electron chi connectivity index (χ0n) is 8.74. The Balaban J connectivity index is 1.90. The van der Waals surface area contributed by atoms with Crippen LogP contribution in [0.1, 0.15) is 13.3 Å². The number of halogens is 1. The lowest BCUT2D eigenvalue weighted by Crippen LogP contribution is -2.20. The van der Waals surface area contributed by atoms with E-state index in [1.807, 2.05) is 6.07 Å². The normalized spacial score (nSPS) is 25.5. The van der Waals surface area contributed by atoms with Gasteiger partial charge in [0.15, 0.2) is 0 Å². The highest BCUT2D eigenvalue weighted by molar-refractivity contribution is 6.33. The predicted octanol–water partition coefficient (Wildman–Crippen LogP) is 2.57. The number of anilines is 1. The van der Waals surface area contributed by atoms with Crippen molar-refractivity contribution in [1.29, 1.82) is 0 Å². The van der Waals surface area contributed by atoms with Crippen molar-refractivity contribution < 1.29 is 4.74 Å². The molecular formula is C11H15ClN2O. The Hall–Kier alpha value is -0.800. The summed E-state index contributed by atoms with van der Waals surface area (Å²) < 4.78 is 5.50. The molecule has 0 saturated carbocycles. The van der Waals surface area contributed by atoms with Crippen molar-refractivity contribution >= 4 is 17.3 Å². The van der Waals surface area contributed by atoms with Gasteiger partial charge < -0.3 is 10.1 Å². The Bertz CT molecular complexity index is 332. The number of rotatable bonds is 3. The van der Waals surface area contributed by atoms with Crippen molar-refractivity contribution in [2.24, 2.45) is 5.92 Å². The van der Waals surface area contributed by atoms with Gasteiger partial charge in [0.1, 0.15) is 0 Å². The number of hydrogen-bond donors (Lipinski definition) is 1. The summed E-state index contributed by atoms with van der Waals surface area (Å²) in [6, 6.07) is 1.89. The second-order valence-corrected chi connectivity index (χ2v) is 4.27. The van der Waals surface area contributed by atoms with E-state index < -0.39 is 0 Å². The molecular weight excluding hydrogens is 212 g/mol. The minimum atomic E-state index is 0.345. The Morgan fingerprint density at radius 1 is 1.67 bits per heavy atom. The summed E-state index contributed by atoms with van der Waals surface area (Å²) in [6.07, 6.45) is 4.86. The van der Waals surface area contributed by atoms with Crippen LogP contribution in [0.3, 0.4) is 0 Å². The molecule has 15 heavy (non-hydrogen) atoms. The molecule has 2 rings (SSSR count). The number of nitrogens with zero attached hydrogens (tertiary/aromatic N) is 1. The molecule has 1 aromatic heterocycles. The van der Waals surface area contributed by atoms with E-state index in [-0.39, 0.29) is 0 Å². The zero-order chi connectivity index (χ0) is 10.7. The van der Waals surface area contributed by atoms with Gasteiger partial charge >= 0.3 is 0 Å². The summed E-state index contributed by atoms with van der Waals surface area (Å²) in [5.41, 5.74) is 0.950. The smallest absolute Gasteiger partial charge is 0.0820 e. The molecule has 1 saturated heterocycles. The number of aromatic nitrogens is 1. The standard InChI is InChI=1S/C11H15ClN2O/c1-8-9(3-5-15-8)6-14-11-2-4-13-7-10(11)12/h2,4,7-9H,3,5-6H2,1H3,(H,13,14). The fourth-order valence-corrected chi connectivity index (χ4v) is 1.99. The molecule has 2 heterocycles. The second kappa shape index (κ2) is 4.81. The van der Waals surface area contributed by atoms with Crippen LogP contribution in [0.4, 0.5) is 5.69 Å². The van der Waals surface area contributed by atoms with Gasteiger partial charge in [0, 0.05) is 31.5 Å². The molecule has 0 amide bonds. The summed E-state index contributed by atoms with van der Waals surface area (Å²) in [6.45, 7) is 3.90. The third-order valence-corrected chi connectivity index (χ3v) is 3.16. The van der Waals surface area contributed by atoms with E-state index in [4.69, 9.17) is 16.3 Å². The average molecular weight is 227 g/mol. The van der Waals surface area contributed by atoms with Crippen molar-refractivity contribution in [3.63, 3.8) is 0 Å². The quantitative estimate of drug-likeness (QED) is 0.860. The molecule has 0 bridgehead atoms. The van der Waals surface area contributed by atoms with E-state index in [1.54, 1.807) is 12.4 Å². The topological polar surface area (TPSA) is 34.1 Å². The van der Waals surface area contributed by atoms with E-state index in [0.717, 1.165) is 25.3 Å². The monoisotopic (exact) mass is 226 g/mol. The maximum atomic E-state index is 5.99. The third-order valence-electron chi connectivity index (χ3n) is 2.86. The average Bonchev–Trinajstić information content (AvgIpc) is 2.63. The maximum Gasteiger partial charge on any atom is 0.0820 e. The van der Waals surface area contributed by atoms with E-state index in [9.17, 15) is 0 Å². The van der Waals surface area contributed by atoms with Crippen LogP contribution in [-0.2, 0) is 4.74 Å². The molecule has 1 fully saturated rings. The van der Waals surface area contributed by atoms with E-state index >= 15 is 0 Å². The van der Waals surface area contributed by atoms with Crippen LogP contribution in [0.15, 0.2) is 18.5 Å². The van der Waals surface area contributed by atoms with Gasteiger partial charge in [-0.3, -0.25) is 4.98 Å². The molecule has 2 atom stereocenters. The molecule has 0 aliphatic carbocycles. The minimum absolute atomic E-state index is 0.345. The van der Waals surface area contributed by atoms with Crippen LogP contribution in [-0.4, -0.2) is 24.2 Å². The van der Waals surface area contributed by atoms with Gasteiger partial charge in [-0.2, -0.15) is 0 Å².